The van der Waals surface area contributed by atoms with Crippen molar-refractivity contribution in [3.63, 3.8) is 0 Å². The van der Waals surface area contributed by atoms with Crippen LogP contribution < -0.4 is 16.6 Å². The quantitative estimate of drug-likeness (QED) is 0.473. The van der Waals surface area contributed by atoms with Crippen molar-refractivity contribution in [3.05, 3.63) is 12.4 Å². The van der Waals surface area contributed by atoms with E-state index in [1.165, 1.54) is 6.33 Å². The van der Waals surface area contributed by atoms with Gasteiger partial charge >= 0.3 is 0 Å². The minimum atomic E-state index is -0.257. The van der Waals surface area contributed by atoms with Crippen molar-refractivity contribution >= 4 is 11.6 Å². The molecule has 0 aromatic carbocycles. The van der Waals surface area contributed by atoms with E-state index in [1.807, 2.05) is 0 Å². The van der Waals surface area contributed by atoms with E-state index in [1.54, 1.807) is 6.07 Å². The van der Waals surface area contributed by atoms with Crippen LogP contribution in [0.3, 0.4) is 0 Å². The van der Waals surface area contributed by atoms with Gasteiger partial charge in [-0.05, 0) is 31.6 Å². The van der Waals surface area contributed by atoms with Gasteiger partial charge in [-0.1, -0.05) is 6.92 Å². The van der Waals surface area contributed by atoms with Gasteiger partial charge in [0, 0.05) is 6.07 Å². The molecule has 1 aliphatic rings. The van der Waals surface area contributed by atoms with Gasteiger partial charge in [-0.3, -0.25) is 0 Å². The smallest absolute Gasteiger partial charge is 0.145 e. The number of hydrogen-bond donors (Lipinski definition) is 4. The number of nitrogen functional groups attached to an aromatic ring is 1. The number of aromatic nitrogens is 2. The van der Waals surface area contributed by atoms with Crippen LogP contribution in [-0.4, -0.2) is 27.2 Å². The number of nitrogens with zero attached hydrogens (tertiary/aromatic N) is 2. The summed E-state index contributed by atoms with van der Waals surface area (Å²) in [6, 6.07) is 1.75. The number of nitrogens with one attached hydrogen (secondary N) is 2. The summed E-state index contributed by atoms with van der Waals surface area (Å²) in [7, 11) is 0. The van der Waals surface area contributed by atoms with Crippen molar-refractivity contribution in [1.29, 1.82) is 0 Å². The highest BCUT2D eigenvalue weighted by Gasteiger charge is 2.33. The number of hydrogen-bond acceptors (Lipinski definition) is 6. The average molecular weight is 251 g/mol. The van der Waals surface area contributed by atoms with Crippen LogP contribution in [0.25, 0.3) is 0 Å². The number of anilines is 2. The molecule has 0 saturated heterocycles. The molecule has 18 heavy (non-hydrogen) atoms. The molecule has 1 aromatic rings. The van der Waals surface area contributed by atoms with E-state index in [9.17, 15) is 5.11 Å². The standard InChI is InChI=1S/C12H21N5O/c1-9-2-4-12(7-18,5-3-9)16-10-6-11(17-13)15-8-14-10/h6,8-9,18H,2-5,7,13H2,1H3,(H2,14,15,16,17). The lowest BCUT2D eigenvalue weighted by atomic mass is 9.77. The predicted molar refractivity (Wildman–Crippen MR) is 70.9 cm³/mol. The third-order valence-electron chi connectivity index (χ3n) is 3.74. The second kappa shape index (κ2) is 5.49. The Morgan fingerprint density at radius 3 is 2.67 bits per heavy atom. The van der Waals surface area contributed by atoms with Crippen LogP contribution in [0.2, 0.25) is 0 Å². The van der Waals surface area contributed by atoms with E-state index < -0.39 is 0 Å². The first-order chi connectivity index (χ1) is 8.67. The van der Waals surface area contributed by atoms with Gasteiger partial charge in [0.15, 0.2) is 0 Å². The molecule has 1 aliphatic carbocycles. The third kappa shape index (κ3) is 2.88. The SMILES string of the molecule is CC1CCC(CO)(Nc2cc(NN)ncn2)CC1. The zero-order chi connectivity index (χ0) is 13.0. The predicted octanol–water partition coefficient (Wildman–Crippen LogP) is 1.12. The molecule has 6 nitrogen and oxygen atoms in total. The van der Waals surface area contributed by atoms with E-state index in [4.69, 9.17) is 5.84 Å². The van der Waals surface area contributed by atoms with E-state index >= 15 is 0 Å². The van der Waals surface area contributed by atoms with E-state index in [-0.39, 0.29) is 12.1 Å². The highest BCUT2D eigenvalue weighted by molar-refractivity contribution is 5.47. The number of aliphatic hydroxyl groups excluding tert-OH is 1. The summed E-state index contributed by atoms with van der Waals surface area (Å²) in [5.41, 5.74) is 2.23. The maximum absolute atomic E-state index is 9.67. The second-order valence-electron chi connectivity index (χ2n) is 5.18. The first kappa shape index (κ1) is 13.0. The summed E-state index contributed by atoms with van der Waals surface area (Å²) in [5.74, 6) is 7.31. The van der Waals surface area contributed by atoms with Crippen LogP contribution in [-0.2, 0) is 0 Å². The van der Waals surface area contributed by atoms with Crippen molar-refractivity contribution in [2.45, 2.75) is 38.1 Å². The number of rotatable bonds is 4. The lowest BCUT2D eigenvalue weighted by molar-refractivity contribution is 0.155. The van der Waals surface area contributed by atoms with Crippen LogP contribution >= 0.6 is 0 Å². The van der Waals surface area contributed by atoms with E-state index in [0.29, 0.717) is 11.6 Å². The van der Waals surface area contributed by atoms with Crippen LogP contribution in [0.4, 0.5) is 11.6 Å². The van der Waals surface area contributed by atoms with Gasteiger partial charge < -0.3 is 15.8 Å². The van der Waals surface area contributed by atoms with Crippen molar-refractivity contribution < 1.29 is 5.11 Å². The summed E-state index contributed by atoms with van der Waals surface area (Å²) in [4.78, 5) is 8.13. The summed E-state index contributed by atoms with van der Waals surface area (Å²) < 4.78 is 0. The van der Waals surface area contributed by atoms with Crippen LogP contribution in [0.5, 0.6) is 0 Å². The Morgan fingerprint density at radius 2 is 2.06 bits per heavy atom. The molecule has 1 saturated carbocycles. The molecular weight excluding hydrogens is 230 g/mol. The summed E-state index contributed by atoms with van der Waals surface area (Å²) >= 11 is 0. The highest BCUT2D eigenvalue weighted by atomic mass is 16.3. The van der Waals surface area contributed by atoms with Gasteiger partial charge in [0.05, 0.1) is 12.1 Å². The third-order valence-corrected chi connectivity index (χ3v) is 3.74. The minimum absolute atomic E-state index is 0.120. The molecule has 1 fully saturated rings. The van der Waals surface area contributed by atoms with Crippen LogP contribution in [0.1, 0.15) is 32.6 Å². The molecule has 6 heteroatoms. The molecule has 0 aliphatic heterocycles. The van der Waals surface area contributed by atoms with Crippen molar-refractivity contribution in [1.82, 2.24) is 9.97 Å². The lowest BCUT2D eigenvalue weighted by Gasteiger charge is -2.39. The number of nitrogens with two attached hydrogens (primary N) is 1. The van der Waals surface area contributed by atoms with Gasteiger partial charge in [-0.15, -0.1) is 0 Å². The molecule has 0 atom stereocenters. The summed E-state index contributed by atoms with van der Waals surface area (Å²) in [5, 5.41) is 13.0. The van der Waals surface area contributed by atoms with E-state index in [2.05, 4.69) is 27.6 Å². The molecular formula is C12H21N5O. The normalized spacial score (nSPS) is 27.8. The van der Waals surface area contributed by atoms with Gasteiger partial charge in [0.25, 0.3) is 0 Å². The summed E-state index contributed by atoms with van der Waals surface area (Å²) in [6.07, 6.45) is 5.62. The fourth-order valence-electron chi connectivity index (χ4n) is 2.41. The van der Waals surface area contributed by atoms with Gasteiger partial charge in [-0.25, -0.2) is 15.8 Å². The first-order valence-electron chi connectivity index (χ1n) is 6.35. The van der Waals surface area contributed by atoms with Crippen molar-refractivity contribution in [2.75, 3.05) is 17.3 Å². The van der Waals surface area contributed by atoms with Crippen LogP contribution in [0, 0.1) is 5.92 Å². The monoisotopic (exact) mass is 251 g/mol. The Labute approximate surface area is 107 Å². The maximum Gasteiger partial charge on any atom is 0.145 e. The van der Waals surface area contributed by atoms with Gasteiger partial charge in [0.2, 0.25) is 0 Å². The van der Waals surface area contributed by atoms with Gasteiger partial charge in [-0.2, -0.15) is 0 Å². The average Bonchev–Trinajstić information content (AvgIpc) is 2.42. The molecule has 0 unspecified atom stereocenters. The molecule has 5 N–H and O–H groups in total. The largest absolute Gasteiger partial charge is 0.394 e. The zero-order valence-electron chi connectivity index (χ0n) is 10.7. The number of hydrazine groups is 1. The molecule has 1 heterocycles. The Balaban J connectivity index is 2.09. The molecule has 0 amide bonds. The Bertz CT molecular complexity index is 390. The molecule has 2 rings (SSSR count). The second-order valence-corrected chi connectivity index (χ2v) is 5.18. The fraction of sp³-hybridized carbons (Fsp3) is 0.667. The molecule has 1 aromatic heterocycles. The van der Waals surface area contributed by atoms with Crippen molar-refractivity contribution in [2.24, 2.45) is 11.8 Å². The Hall–Kier alpha value is -1.40. The lowest BCUT2D eigenvalue weighted by Crippen LogP contribution is -2.45. The topological polar surface area (TPSA) is 96.1 Å². The molecule has 0 radical (unpaired) electrons. The number of aliphatic hydroxyl groups is 1. The highest BCUT2D eigenvalue weighted by Crippen LogP contribution is 2.34. The van der Waals surface area contributed by atoms with Crippen molar-refractivity contribution in [3.8, 4) is 0 Å². The van der Waals surface area contributed by atoms with Gasteiger partial charge in [0.1, 0.15) is 18.0 Å². The van der Waals surface area contributed by atoms with E-state index in [0.717, 1.165) is 31.6 Å². The first-order valence-corrected chi connectivity index (χ1v) is 6.35. The molecule has 0 spiro atoms. The Kier molecular flexibility index (Phi) is 3.98. The molecule has 100 valence electrons. The zero-order valence-corrected chi connectivity index (χ0v) is 10.7. The molecule has 0 bridgehead atoms. The van der Waals surface area contributed by atoms with Crippen LogP contribution in [0.15, 0.2) is 12.4 Å². The maximum atomic E-state index is 9.67. The fourth-order valence-corrected chi connectivity index (χ4v) is 2.41. The summed E-state index contributed by atoms with van der Waals surface area (Å²) in [6.45, 7) is 2.37. The Morgan fingerprint density at radius 1 is 1.39 bits per heavy atom. The minimum Gasteiger partial charge on any atom is -0.394 e.